The molecule has 1 atom stereocenters. The van der Waals surface area contributed by atoms with E-state index in [-0.39, 0.29) is 17.8 Å². The molecule has 86 valence electrons. The first-order valence-corrected chi connectivity index (χ1v) is 5.22. The molecule has 0 spiro atoms. The van der Waals surface area contributed by atoms with Crippen molar-refractivity contribution in [3.05, 3.63) is 42.0 Å². The number of ether oxygens (including phenoxy) is 1. The summed E-state index contributed by atoms with van der Waals surface area (Å²) in [4.78, 5) is 15.6. The maximum atomic E-state index is 11.8. The third-order valence-corrected chi connectivity index (χ3v) is 2.64. The van der Waals surface area contributed by atoms with Gasteiger partial charge in [-0.2, -0.15) is 5.10 Å². The molecule has 0 radical (unpaired) electrons. The predicted molar refractivity (Wildman–Crippen MR) is 58.5 cm³/mol. The molecular formula is C11H10N4O2. The minimum absolute atomic E-state index is 0.135. The van der Waals surface area contributed by atoms with Crippen molar-refractivity contribution in [3.8, 4) is 5.75 Å². The fraction of sp³-hybridized carbons (Fsp3) is 0.182. The first-order chi connectivity index (χ1) is 8.34. The van der Waals surface area contributed by atoms with E-state index in [0.717, 1.165) is 11.3 Å². The highest BCUT2D eigenvalue weighted by Crippen LogP contribution is 2.31. The van der Waals surface area contributed by atoms with Gasteiger partial charge in [0.25, 0.3) is 5.91 Å². The smallest absolute Gasteiger partial charge is 0.289 e. The SMILES string of the molecule is O=C(NC1COc2ccccc21)c1ncn[nH]1. The van der Waals surface area contributed by atoms with Crippen molar-refractivity contribution in [1.29, 1.82) is 0 Å². The Morgan fingerprint density at radius 1 is 1.47 bits per heavy atom. The van der Waals surface area contributed by atoms with E-state index in [2.05, 4.69) is 20.5 Å². The van der Waals surface area contributed by atoms with Gasteiger partial charge in [-0.3, -0.25) is 9.89 Å². The van der Waals surface area contributed by atoms with Gasteiger partial charge in [-0.15, -0.1) is 0 Å². The second-order valence-corrected chi connectivity index (χ2v) is 3.71. The van der Waals surface area contributed by atoms with Crippen LogP contribution in [0.5, 0.6) is 5.75 Å². The number of H-pyrrole nitrogens is 1. The third kappa shape index (κ3) is 1.73. The molecular weight excluding hydrogens is 220 g/mol. The number of aromatic nitrogens is 3. The highest BCUT2D eigenvalue weighted by molar-refractivity contribution is 5.90. The average Bonchev–Trinajstić information content (AvgIpc) is 2.98. The topological polar surface area (TPSA) is 79.9 Å². The van der Waals surface area contributed by atoms with E-state index in [4.69, 9.17) is 4.74 Å². The fourth-order valence-electron chi connectivity index (χ4n) is 1.82. The van der Waals surface area contributed by atoms with Crippen LogP contribution in [0, 0.1) is 0 Å². The molecule has 1 unspecified atom stereocenters. The number of hydrogen-bond acceptors (Lipinski definition) is 4. The molecule has 2 aromatic rings. The van der Waals surface area contributed by atoms with E-state index >= 15 is 0 Å². The molecule has 1 aliphatic heterocycles. The summed E-state index contributed by atoms with van der Waals surface area (Å²) in [5.74, 6) is 0.734. The molecule has 1 aromatic heterocycles. The molecule has 17 heavy (non-hydrogen) atoms. The Labute approximate surface area is 97.0 Å². The van der Waals surface area contributed by atoms with Crippen LogP contribution in [0.1, 0.15) is 22.2 Å². The molecule has 0 aliphatic carbocycles. The maximum absolute atomic E-state index is 11.8. The van der Waals surface area contributed by atoms with Gasteiger partial charge in [-0.05, 0) is 6.07 Å². The quantitative estimate of drug-likeness (QED) is 0.794. The normalized spacial score (nSPS) is 17.3. The van der Waals surface area contributed by atoms with Crippen LogP contribution in [0.4, 0.5) is 0 Å². The van der Waals surface area contributed by atoms with Gasteiger partial charge < -0.3 is 10.1 Å². The summed E-state index contributed by atoms with van der Waals surface area (Å²) in [6, 6.07) is 7.51. The lowest BCUT2D eigenvalue weighted by atomic mass is 10.1. The van der Waals surface area contributed by atoms with Crippen LogP contribution in [0.3, 0.4) is 0 Å². The summed E-state index contributed by atoms with van der Waals surface area (Å²) in [6.07, 6.45) is 1.30. The number of amides is 1. The second kappa shape index (κ2) is 3.89. The van der Waals surface area contributed by atoms with E-state index in [1.165, 1.54) is 6.33 Å². The number of hydrogen-bond donors (Lipinski definition) is 2. The van der Waals surface area contributed by atoms with Crippen molar-refractivity contribution < 1.29 is 9.53 Å². The van der Waals surface area contributed by atoms with Crippen LogP contribution >= 0.6 is 0 Å². The average molecular weight is 230 g/mol. The largest absolute Gasteiger partial charge is 0.491 e. The minimum atomic E-state index is -0.284. The van der Waals surface area contributed by atoms with Crippen molar-refractivity contribution in [2.45, 2.75) is 6.04 Å². The Bertz CT molecular complexity index is 538. The monoisotopic (exact) mass is 230 g/mol. The zero-order valence-corrected chi connectivity index (χ0v) is 8.88. The zero-order valence-electron chi connectivity index (χ0n) is 8.88. The van der Waals surface area contributed by atoms with Gasteiger partial charge in [0, 0.05) is 5.56 Å². The molecule has 1 amide bonds. The Hall–Kier alpha value is -2.37. The molecule has 0 bridgehead atoms. The van der Waals surface area contributed by atoms with E-state index in [0.29, 0.717) is 6.61 Å². The first-order valence-electron chi connectivity index (χ1n) is 5.22. The van der Waals surface area contributed by atoms with Crippen LogP contribution in [-0.4, -0.2) is 27.7 Å². The predicted octanol–water partition coefficient (Wildman–Crippen LogP) is 0.668. The Morgan fingerprint density at radius 3 is 3.18 bits per heavy atom. The number of para-hydroxylation sites is 1. The van der Waals surface area contributed by atoms with Crippen LogP contribution in [0.2, 0.25) is 0 Å². The lowest BCUT2D eigenvalue weighted by Crippen LogP contribution is -2.30. The molecule has 1 aromatic carbocycles. The van der Waals surface area contributed by atoms with Gasteiger partial charge in [0.2, 0.25) is 5.82 Å². The Kier molecular flexibility index (Phi) is 2.25. The van der Waals surface area contributed by atoms with Crippen LogP contribution < -0.4 is 10.1 Å². The Balaban J connectivity index is 1.78. The molecule has 0 fully saturated rings. The first kappa shape index (κ1) is 9.83. The van der Waals surface area contributed by atoms with Gasteiger partial charge in [0.1, 0.15) is 18.7 Å². The molecule has 6 nitrogen and oxygen atoms in total. The number of nitrogens with one attached hydrogen (secondary N) is 2. The summed E-state index contributed by atoms with van der Waals surface area (Å²) < 4.78 is 5.47. The second-order valence-electron chi connectivity index (χ2n) is 3.71. The van der Waals surface area contributed by atoms with Gasteiger partial charge >= 0.3 is 0 Å². The molecule has 3 rings (SSSR count). The number of fused-ring (bicyclic) bond motifs is 1. The number of benzene rings is 1. The molecule has 6 heteroatoms. The number of carbonyl (C=O) groups is 1. The third-order valence-electron chi connectivity index (χ3n) is 2.64. The van der Waals surface area contributed by atoms with Gasteiger partial charge in [-0.25, -0.2) is 4.98 Å². The van der Waals surface area contributed by atoms with Crippen molar-refractivity contribution in [2.24, 2.45) is 0 Å². The van der Waals surface area contributed by atoms with E-state index < -0.39 is 0 Å². The van der Waals surface area contributed by atoms with Crippen molar-refractivity contribution in [2.75, 3.05) is 6.61 Å². The highest BCUT2D eigenvalue weighted by Gasteiger charge is 2.26. The van der Waals surface area contributed by atoms with Crippen LogP contribution in [-0.2, 0) is 0 Å². The molecule has 1 aliphatic rings. The van der Waals surface area contributed by atoms with E-state index in [1.54, 1.807) is 0 Å². The van der Waals surface area contributed by atoms with Crippen molar-refractivity contribution in [1.82, 2.24) is 20.5 Å². The summed E-state index contributed by atoms with van der Waals surface area (Å²) in [7, 11) is 0. The standard InChI is InChI=1S/C11H10N4O2/c16-11(10-12-6-13-15-10)14-8-5-17-9-4-2-1-3-7(8)9/h1-4,6,8H,5H2,(H,14,16)(H,12,13,15). The fourth-order valence-corrected chi connectivity index (χ4v) is 1.82. The molecule has 0 saturated heterocycles. The zero-order chi connectivity index (χ0) is 11.7. The molecule has 0 saturated carbocycles. The molecule has 2 heterocycles. The van der Waals surface area contributed by atoms with Crippen molar-refractivity contribution >= 4 is 5.91 Å². The van der Waals surface area contributed by atoms with E-state index in [9.17, 15) is 4.79 Å². The summed E-state index contributed by atoms with van der Waals surface area (Å²) in [5, 5.41) is 8.99. The minimum Gasteiger partial charge on any atom is -0.491 e. The number of carbonyl (C=O) groups excluding carboxylic acids is 1. The number of rotatable bonds is 2. The number of aromatic amines is 1. The summed E-state index contributed by atoms with van der Waals surface area (Å²) in [6.45, 7) is 0.444. The lowest BCUT2D eigenvalue weighted by molar-refractivity contribution is 0.0920. The number of nitrogens with zero attached hydrogens (tertiary/aromatic N) is 2. The lowest BCUT2D eigenvalue weighted by Gasteiger charge is -2.09. The van der Waals surface area contributed by atoms with E-state index in [1.807, 2.05) is 24.3 Å². The van der Waals surface area contributed by atoms with Gasteiger partial charge in [-0.1, -0.05) is 18.2 Å². The van der Waals surface area contributed by atoms with Crippen LogP contribution in [0.15, 0.2) is 30.6 Å². The van der Waals surface area contributed by atoms with Gasteiger partial charge in [0.05, 0.1) is 6.04 Å². The van der Waals surface area contributed by atoms with Crippen LogP contribution in [0.25, 0.3) is 0 Å². The Morgan fingerprint density at radius 2 is 2.35 bits per heavy atom. The summed E-state index contributed by atoms with van der Waals surface area (Å²) >= 11 is 0. The summed E-state index contributed by atoms with van der Waals surface area (Å²) in [5.41, 5.74) is 0.986. The van der Waals surface area contributed by atoms with Crippen molar-refractivity contribution in [3.63, 3.8) is 0 Å². The van der Waals surface area contributed by atoms with Gasteiger partial charge in [0.15, 0.2) is 0 Å². The maximum Gasteiger partial charge on any atom is 0.289 e. The highest BCUT2D eigenvalue weighted by atomic mass is 16.5. The molecule has 2 N–H and O–H groups in total.